The summed E-state index contributed by atoms with van der Waals surface area (Å²) in [5.74, 6) is 0. The number of thiophene rings is 1. The maximum Gasteiger partial charge on any atom is 0.261 e. The molecule has 0 aliphatic carbocycles. The van der Waals surface area contributed by atoms with E-state index in [0.29, 0.717) is 0 Å². The standard InChI is InChI=1S/C9H14F2N2O3S2/c10-8(11)5-16-2-1-13-18(14,15)9-3-7(4-12)6-17-9/h3,6,8,13H,1-2,4-5,12H2. The summed E-state index contributed by atoms with van der Waals surface area (Å²) < 4.78 is 53.9. The first-order valence-electron chi connectivity index (χ1n) is 5.08. The molecule has 1 aromatic rings. The van der Waals surface area contributed by atoms with E-state index in [1.54, 1.807) is 5.38 Å². The Hall–Kier alpha value is -0.610. The van der Waals surface area contributed by atoms with E-state index in [9.17, 15) is 17.2 Å². The molecule has 1 heterocycles. The largest absolute Gasteiger partial charge is 0.374 e. The molecule has 0 radical (unpaired) electrons. The van der Waals surface area contributed by atoms with Crippen molar-refractivity contribution in [3.63, 3.8) is 0 Å². The molecular weight excluding hydrogens is 286 g/mol. The minimum absolute atomic E-state index is 0.0507. The van der Waals surface area contributed by atoms with Crippen LogP contribution in [0.15, 0.2) is 15.7 Å². The van der Waals surface area contributed by atoms with Gasteiger partial charge in [-0.2, -0.15) is 0 Å². The lowest BCUT2D eigenvalue weighted by atomic mass is 10.4. The van der Waals surface area contributed by atoms with E-state index < -0.39 is 23.1 Å². The monoisotopic (exact) mass is 300 g/mol. The summed E-state index contributed by atoms with van der Waals surface area (Å²) in [6.45, 7) is -0.578. The minimum atomic E-state index is -3.60. The molecule has 0 amide bonds. The molecule has 5 nitrogen and oxygen atoms in total. The molecule has 104 valence electrons. The summed E-state index contributed by atoms with van der Waals surface area (Å²) >= 11 is 1.06. The van der Waals surface area contributed by atoms with Gasteiger partial charge >= 0.3 is 0 Å². The number of nitrogens with one attached hydrogen (secondary N) is 1. The van der Waals surface area contributed by atoms with Crippen LogP contribution in [0.5, 0.6) is 0 Å². The second kappa shape index (κ2) is 7.10. The quantitative estimate of drug-likeness (QED) is 0.695. The van der Waals surface area contributed by atoms with E-state index in [1.165, 1.54) is 6.07 Å². The van der Waals surface area contributed by atoms with E-state index >= 15 is 0 Å². The lowest BCUT2D eigenvalue weighted by Gasteiger charge is -2.05. The highest BCUT2D eigenvalue weighted by Gasteiger charge is 2.15. The van der Waals surface area contributed by atoms with Crippen molar-refractivity contribution in [3.8, 4) is 0 Å². The molecule has 0 bridgehead atoms. The Labute approximate surface area is 108 Å². The molecule has 1 aromatic heterocycles. The van der Waals surface area contributed by atoms with Crippen molar-refractivity contribution >= 4 is 21.4 Å². The zero-order chi connectivity index (χ0) is 13.6. The number of hydrogen-bond donors (Lipinski definition) is 2. The molecule has 0 saturated heterocycles. The van der Waals surface area contributed by atoms with Crippen LogP contribution in [0.2, 0.25) is 0 Å². The smallest absolute Gasteiger partial charge is 0.261 e. The first-order chi connectivity index (χ1) is 8.45. The average Bonchev–Trinajstić information content (AvgIpc) is 2.77. The van der Waals surface area contributed by atoms with Gasteiger partial charge in [-0.1, -0.05) is 0 Å². The van der Waals surface area contributed by atoms with Crippen LogP contribution in [0.3, 0.4) is 0 Å². The van der Waals surface area contributed by atoms with Crippen LogP contribution >= 0.6 is 11.3 Å². The number of hydrogen-bond acceptors (Lipinski definition) is 5. The van der Waals surface area contributed by atoms with Crippen LogP contribution in [0.4, 0.5) is 8.78 Å². The Kier molecular flexibility index (Phi) is 6.09. The number of ether oxygens (including phenoxy) is 1. The van der Waals surface area contributed by atoms with E-state index in [4.69, 9.17) is 5.73 Å². The van der Waals surface area contributed by atoms with Crippen LogP contribution in [0.1, 0.15) is 5.56 Å². The van der Waals surface area contributed by atoms with Gasteiger partial charge in [-0.15, -0.1) is 11.3 Å². The van der Waals surface area contributed by atoms with Crippen molar-refractivity contribution in [2.75, 3.05) is 19.8 Å². The third-order valence-electron chi connectivity index (χ3n) is 1.91. The van der Waals surface area contributed by atoms with Crippen molar-refractivity contribution in [2.45, 2.75) is 17.2 Å². The number of alkyl halides is 2. The van der Waals surface area contributed by atoms with Crippen LogP contribution < -0.4 is 10.5 Å². The second-order valence-electron chi connectivity index (χ2n) is 3.34. The Bertz CT molecular complexity index is 462. The zero-order valence-corrected chi connectivity index (χ0v) is 11.1. The first-order valence-corrected chi connectivity index (χ1v) is 7.45. The Balaban J connectivity index is 2.40. The molecule has 18 heavy (non-hydrogen) atoms. The predicted octanol–water partition coefficient (Wildman–Crippen LogP) is 0.767. The lowest BCUT2D eigenvalue weighted by molar-refractivity contribution is 0.0199. The molecule has 0 unspecified atom stereocenters. The summed E-state index contributed by atoms with van der Waals surface area (Å²) in [5.41, 5.74) is 6.11. The fourth-order valence-electron chi connectivity index (χ4n) is 1.09. The van der Waals surface area contributed by atoms with Crippen molar-refractivity contribution in [1.29, 1.82) is 0 Å². The van der Waals surface area contributed by atoms with Crippen LogP contribution in [-0.4, -0.2) is 34.6 Å². The normalized spacial score (nSPS) is 12.2. The first kappa shape index (κ1) is 15.4. The van der Waals surface area contributed by atoms with E-state index in [0.717, 1.165) is 16.9 Å². The van der Waals surface area contributed by atoms with Crippen molar-refractivity contribution in [2.24, 2.45) is 5.73 Å². The number of sulfonamides is 1. The molecule has 0 fully saturated rings. The maximum atomic E-state index is 11.7. The fraction of sp³-hybridized carbons (Fsp3) is 0.556. The molecule has 0 spiro atoms. The fourth-order valence-corrected chi connectivity index (χ4v) is 3.37. The third kappa shape index (κ3) is 4.94. The van der Waals surface area contributed by atoms with Gasteiger partial charge in [0.1, 0.15) is 10.8 Å². The van der Waals surface area contributed by atoms with Gasteiger partial charge in [-0.25, -0.2) is 21.9 Å². The topological polar surface area (TPSA) is 81.4 Å². The highest BCUT2D eigenvalue weighted by atomic mass is 32.2. The van der Waals surface area contributed by atoms with Gasteiger partial charge in [-0.05, 0) is 17.0 Å². The number of halogens is 2. The second-order valence-corrected chi connectivity index (χ2v) is 6.25. The van der Waals surface area contributed by atoms with Crippen LogP contribution in [-0.2, 0) is 21.3 Å². The summed E-state index contributed by atoms with van der Waals surface area (Å²) in [7, 11) is -3.60. The molecular formula is C9H14F2N2O3S2. The van der Waals surface area contributed by atoms with Gasteiger partial charge in [0.2, 0.25) is 10.0 Å². The summed E-state index contributed by atoms with van der Waals surface area (Å²) in [6.07, 6.45) is -2.55. The van der Waals surface area contributed by atoms with Gasteiger partial charge in [0.15, 0.2) is 0 Å². The molecule has 9 heteroatoms. The van der Waals surface area contributed by atoms with Gasteiger partial charge in [-0.3, -0.25) is 0 Å². The molecule has 0 aromatic carbocycles. The highest BCUT2D eigenvalue weighted by molar-refractivity contribution is 7.91. The van der Waals surface area contributed by atoms with Crippen molar-refractivity contribution < 1.29 is 21.9 Å². The summed E-state index contributed by atoms with van der Waals surface area (Å²) in [5, 5.41) is 1.65. The molecule has 0 saturated carbocycles. The zero-order valence-electron chi connectivity index (χ0n) is 9.43. The number of rotatable bonds is 8. The Morgan fingerprint density at radius 1 is 1.50 bits per heavy atom. The van der Waals surface area contributed by atoms with Crippen LogP contribution in [0.25, 0.3) is 0 Å². The molecule has 0 aliphatic rings. The van der Waals surface area contributed by atoms with Gasteiger partial charge in [0.05, 0.1) is 6.61 Å². The van der Waals surface area contributed by atoms with E-state index in [1.807, 2.05) is 0 Å². The lowest BCUT2D eigenvalue weighted by Crippen LogP contribution is -2.27. The molecule has 3 N–H and O–H groups in total. The minimum Gasteiger partial charge on any atom is -0.374 e. The SMILES string of the molecule is NCc1csc(S(=O)(=O)NCCOCC(F)F)c1. The van der Waals surface area contributed by atoms with E-state index in [-0.39, 0.29) is 23.9 Å². The molecule has 0 aliphatic heterocycles. The van der Waals surface area contributed by atoms with Gasteiger partial charge in [0.25, 0.3) is 6.43 Å². The van der Waals surface area contributed by atoms with Gasteiger partial charge < -0.3 is 10.5 Å². The third-order valence-corrected chi connectivity index (χ3v) is 4.86. The van der Waals surface area contributed by atoms with E-state index in [2.05, 4.69) is 9.46 Å². The highest BCUT2D eigenvalue weighted by Crippen LogP contribution is 2.19. The maximum absolute atomic E-state index is 11.7. The van der Waals surface area contributed by atoms with Gasteiger partial charge in [0, 0.05) is 13.1 Å². The summed E-state index contributed by atoms with van der Waals surface area (Å²) in [4.78, 5) is 0. The Morgan fingerprint density at radius 2 is 2.22 bits per heavy atom. The number of nitrogens with two attached hydrogens (primary N) is 1. The van der Waals surface area contributed by atoms with Crippen LogP contribution in [0, 0.1) is 0 Å². The Morgan fingerprint density at radius 3 is 2.78 bits per heavy atom. The average molecular weight is 300 g/mol. The molecule has 1 rings (SSSR count). The van der Waals surface area contributed by atoms with Crippen molar-refractivity contribution in [3.05, 3.63) is 17.0 Å². The molecule has 0 atom stereocenters. The van der Waals surface area contributed by atoms with Crippen molar-refractivity contribution in [1.82, 2.24) is 4.72 Å². The predicted molar refractivity (Wildman–Crippen MR) is 64.2 cm³/mol. The summed E-state index contributed by atoms with van der Waals surface area (Å²) in [6, 6.07) is 1.48.